The van der Waals surface area contributed by atoms with Crippen LogP contribution in [0.2, 0.25) is 0 Å². The van der Waals surface area contributed by atoms with Crippen LogP contribution >= 0.6 is 11.3 Å². The zero-order chi connectivity index (χ0) is 16.0. The first-order valence-electron chi connectivity index (χ1n) is 6.46. The first kappa shape index (κ1) is 15.1. The van der Waals surface area contributed by atoms with Crippen molar-refractivity contribution in [1.82, 2.24) is 14.5 Å². The highest BCUT2D eigenvalue weighted by atomic mass is 32.1. The van der Waals surface area contributed by atoms with Crippen LogP contribution in [0.1, 0.15) is 6.23 Å². The summed E-state index contributed by atoms with van der Waals surface area (Å²) < 4.78 is 6.95. The number of hydrogen-bond acceptors (Lipinski definition) is 10. The fourth-order valence-electron chi connectivity index (χ4n) is 2.42. The highest BCUT2D eigenvalue weighted by Gasteiger charge is 2.44. The van der Waals surface area contributed by atoms with Crippen LogP contribution in [0.25, 0.3) is 10.3 Å². The number of nitrogens with one attached hydrogen (secondary N) is 1. The number of thiazole rings is 1. The molecule has 2 aromatic heterocycles. The average molecular weight is 329 g/mol. The van der Waals surface area contributed by atoms with Crippen molar-refractivity contribution in [2.24, 2.45) is 0 Å². The van der Waals surface area contributed by atoms with Crippen LogP contribution < -0.4 is 15.9 Å². The van der Waals surface area contributed by atoms with E-state index in [1.54, 1.807) is 7.05 Å². The molecule has 1 aliphatic rings. The predicted octanol–water partition coefficient (Wildman–Crippen LogP) is -1.91. The Hall–Kier alpha value is -1.79. The third-order valence-electron chi connectivity index (χ3n) is 3.49. The van der Waals surface area contributed by atoms with E-state index < -0.39 is 36.0 Å². The van der Waals surface area contributed by atoms with Crippen molar-refractivity contribution in [2.45, 2.75) is 24.5 Å². The fourth-order valence-corrected chi connectivity index (χ4v) is 3.37. The summed E-state index contributed by atoms with van der Waals surface area (Å²) in [5, 5.41) is 31.9. The molecule has 2 aromatic rings. The van der Waals surface area contributed by atoms with Crippen molar-refractivity contribution >= 4 is 33.5 Å². The number of rotatable bonds is 3. The molecule has 1 aliphatic heterocycles. The molecule has 6 N–H and O–H groups in total. The van der Waals surface area contributed by atoms with Gasteiger partial charge in [0.2, 0.25) is 5.95 Å². The molecule has 11 heteroatoms. The summed E-state index contributed by atoms with van der Waals surface area (Å²) in [6.07, 6.45) is -4.82. The molecule has 3 rings (SSSR count). The highest BCUT2D eigenvalue weighted by Crippen LogP contribution is 2.33. The highest BCUT2D eigenvalue weighted by molar-refractivity contribution is 7.17. The molecule has 0 amide bonds. The van der Waals surface area contributed by atoms with E-state index in [1.807, 2.05) is 0 Å². The lowest BCUT2D eigenvalue weighted by Crippen LogP contribution is -2.34. The molecule has 1 saturated heterocycles. The zero-order valence-corrected chi connectivity index (χ0v) is 12.3. The second kappa shape index (κ2) is 5.44. The number of anilines is 2. The summed E-state index contributed by atoms with van der Waals surface area (Å²) in [5.74, 6) is 0.338. The minimum atomic E-state index is -1.37. The van der Waals surface area contributed by atoms with Gasteiger partial charge in [-0.2, -0.15) is 9.97 Å². The molecule has 0 unspecified atom stereocenters. The monoisotopic (exact) mass is 329 g/mol. The number of aromatic nitrogens is 3. The SMILES string of the molecule is CNc1nc(N)nc2c1sc(=O)n2[C@@H]1O[C@H](CO)[C@@H](O)[C@H]1O. The molecule has 10 nitrogen and oxygen atoms in total. The predicted molar refractivity (Wildman–Crippen MR) is 78.6 cm³/mol. The van der Waals surface area contributed by atoms with Gasteiger partial charge in [-0.15, -0.1) is 0 Å². The van der Waals surface area contributed by atoms with Crippen molar-refractivity contribution in [3.8, 4) is 0 Å². The van der Waals surface area contributed by atoms with Crippen LogP contribution in [0.3, 0.4) is 0 Å². The maximum atomic E-state index is 12.3. The van der Waals surface area contributed by atoms with E-state index in [2.05, 4.69) is 15.3 Å². The molecule has 0 bridgehead atoms. The summed E-state index contributed by atoms with van der Waals surface area (Å²) >= 11 is 0.867. The number of nitrogen functional groups attached to an aromatic ring is 1. The molecule has 3 heterocycles. The molecule has 22 heavy (non-hydrogen) atoms. The Labute approximate surface area is 127 Å². The number of aliphatic hydroxyl groups is 3. The maximum absolute atomic E-state index is 12.3. The average Bonchev–Trinajstić information content (AvgIpc) is 2.96. The summed E-state index contributed by atoms with van der Waals surface area (Å²) in [4.78, 5) is 19.8. The molecule has 4 atom stereocenters. The summed E-state index contributed by atoms with van der Waals surface area (Å²) in [7, 11) is 1.63. The largest absolute Gasteiger partial charge is 0.394 e. The van der Waals surface area contributed by atoms with E-state index in [0.29, 0.717) is 10.5 Å². The lowest BCUT2D eigenvalue weighted by Gasteiger charge is -2.16. The normalized spacial score (nSPS) is 28.4. The van der Waals surface area contributed by atoms with Crippen molar-refractivity contribution in [2.75, 3.05) is 24.7 Å². The quantitative estimate of drug-likeness (QED) is 0.433. The van der Waals surface area contributed by atoms with Gasteiger partial charge in [0.25, 0.3) is 0 Å². The Balaban J connectivity index is 2.18. The summed E-state index contributed by atoms with van der Waals surface area (Å²) in [5.41, 5.74) is 5.82. The molecule has 0 saturated carbocycles. The van der Waals surface area contributed by atoms with Gasteiger partial charge in [-0.25, -0.2) is 0 Å². The van der Waals surface area contributed by atoms with Crippen LogP contribution in [0.5, 0.6) is 0 Å². The van der Waals surface area contributed by atoms with Crippen LogP contribution in [0, 0.1) is 0 Å². The molecular weight excluding hydrogens is 314 g/mol. The number of nitrogens with two attached hydrogens (primary N) is 1. The van der Waals surface area contributed by atoms with Crippen molar-refractivity contribution < 1.29 is 20.1 Å². The van der Waals surface area contributed by atoms with Crippen LogP contribution in [-0.4, -0.2) is 61.8 Å². The first-order chi connectivity index (χ1) is 10.5. The second-order valence-electron chi connectivity index (χ2n) is 4.80. The van der Waals surface area contributed by atoms with Crippen molar-refractivity contribution in [3.05, 3.63) is 9.67 Å². The molecule has 120 valence electrons. The van der Waals surface area contributed by atoms with E-state index in [1.165, 1.54) is 0 Å². The van der Waals surface area contributed by atoms with Crippen LogP contribution in [-0.2, 0) is 4.74 Å². The van der Waals surface area contributed by atoms with Gasteiger partial charge in [0.15, 0.2) is 17.7 Å². The molecule has 1 fully saturated rings. The van der Waals surface area contributed by atoms with Gasteiger partial charge in [0, 0.05) is 7.05 Å². The van der Waals surface area contributed by atoms with Crippen molar-refractivity contribution in [3.63, 3.8) is 0 Å². The first-order valence-corrected chi connectivity index (χ1v) is 7.28. The Morgan fingerprint density at radius 1 is 1.41 bits per heavy atom. The smallest absolute Gasteiger partial charge is 0.311 e. The van der Waals surface area contributed by atoms with Gasteiger partial charge in [-0.1, -0.05) is 11.3 Å². The minimum Gasteiger partial charge on any atom is -0.394 e. The second-order valence-corrected chi connectivity index (χ2v) is 5.76. The Bertz CT molecular complexity index is 761. The van der Waals surface area contributed by atoms with Gasteiger partial charge in [0.05, 0.1) is 6.61 Å². The van der Waals surface area contributed by atoms with Gasteiger partial charge >= 0.3 is 4.87 Å². The molecule has 0 spiro atoms. The molecule has 0 aliphatic carbocycles. The number of fused-ring (bicyclic) bond motifs is 1. The summed E-state index contributed by atoms with van der Waals surface area (Å²) in [6.45, 7) is -0.482. The van der Waals surface area contributed by atoms with E-state index in [-0.39, 0.29) is 11.6 Å². The molecule has 0 radical (unpaired) electrons. The third-order valence-corrected chi connectivity index (χ3v) is 4.44. The standard InChI is InChI=1S/C11H15N5O5S/c1-13-7-6-8(15-10(12)14-7)16(11(20)22-6)9-5(19)4(18)3(2-17)21-9/h3-5,9,17-19H,2H2,1H3,(H3,12,13,14,15)/t3-,4-,5-,9-/m1/s1. The zero-order valence-electron chi connectivity index (χ0n) is 11.5. The maximum Gasteiger partial charge on any atom is 0.311 e. The van der Waals surface area contributed by atoms with Crippen LogP contribution in [0.4, 0.5) is 11.8 Å². The van der Waals surface area contributed by atoms with E-state index in [9.17, 15) is 15.0 Å². The van der Waals surface area contributed by atoms with Gasteiger partial charge in [-0.3, -0.25) is 9.36 Å². The molecular formula is C11H15N5O5S. The van der Waals surface area contributed by atoms with Gasteiger partial charge in [-0.05, 0) is 0 Å². The van der Waals surface area contributed by atoms with Crippen molar-refractivity contribution in [1.29, 1.82) is 0 Å². The third kappa shape index (κ3) is 2.14. The lowest BCUT2D eigenvalue weighted by atomic mass is 10.1. The Morgan fingerprint density at radius 3 is 2.73 bits per heavy atom. The van der Waals surface area contributed by atoms with Gasteiger partial charge < -0.3 is 31.1 Å². The Kier molecular flexibility index (Phi) is 3.74. The fraction of sp³-hybridized carbons (Fsp3) is 0.545. The Morgan fingerprint density at radius 2 is 2.14 bits per heavy atom. The number of nitrogens with zero attached hydrogens (tertiary/aromatic N) is 3. The topological polar surface area (TPSA) is 156 Å². The van der Waals surface area contributed by atoms with Crippen LogP contribution in [0.15, 0.2) is 4.79 Å². The number of ether oxygens (including phenoxy) is 1. The lowest BCUT2D eigenvalue weighted by molar-refractivity contribution is -0.0518. The number of hydrogen-bond donors (Lipinski definition) is 5. The van der Waals surface area contributed by atoms with Gasteiger partial charge in [0.1, 0.15) is 23.0 Å². The van der Waals surface area contributed by atoms with E-state index >= 15 is 0 Å². The summed E-state index contributed by atoms with van der Waals surface area (Å²) in [6, 6.07) is 0. The number of aliphatic hydroxyl groups excluding tert-OH is 3. The minimum absolute atomic E-state index is 0.0462. The molecule has 0 aromatic carbocycles. The van der Waals surface area contributed by atoms with E-state index in [4.69, 9.17) is 15.6 Å². The van der Waals surface area contributed by atoms with E-state index in [0.717, 1.165) is 15.9 Å².